The number of nitro groups is 1. The SMILES string of the molecule is CCOc1cc2c(cc1CNc1ccc(S(N)(=O)=O)cc1[N+](=O)[O-])O[C@H](C)C2. The van der Waals surface area contributed by atoms with Crippen molar-refractivity contribution in [3.8, 4) is 11.5 Å². The molecule has 2 aromatic rings. The van der Waals surface area contributed by atoms with Gasteiger partial charge in [-0.15, -0.1) is 0 Å². The lowest BCUT2D eigenvalue weighted by Crippen LogP contribution is -2.13. The summed E-state index contributed by atoms with van der Waals surface area (Å²) in [6, 6.07) is 7.28. The van der Waals surface area contributed by atoms with Crippen molar-refractivity contribution in [2.75, 3.05) is 11.9 Å². The number of nitrogens with one attached hydrogen (secondary N) is 1. The smallest absolute Gasteiger partial charge is 0.293 e. The number of rotatable bonds is 7. The molecule has 0 spiro atoms. The van der Waals surface area contributed by atoms with E-state index in [-0.39, 0.29) is 28.9 Å². The monoisotopic (exact) mass is 407 g/mol. The van der Waals surface area contributed by atoms with Gasteiger partial charge in [-0.2, -0.15) is 0 Å². The molecule has 1 heterocycles. The number of anilines is 1. The fourth-order valence-corrected chi connectivity index (χ4v) is 3.62. The molecule has 10 heteroatoms. The zero-order chi connectivity index (χ0) is 20.5. The summed E-state index contributed by atoms with van der Waals surface area (Å²) < 4.78 is 34.4. The van der Waals surface area contributed by atoms with E-state index in [0.29, 0.717) is 12.4 Å². The van der Waals surface area contributed by atoms with Crippen molar-refractivity contribution < 1.29 is 22.8 Å². The van der Waals surface area contributed by atoms with Gasteiger partial charge in [0.05, 0.1) is 16.4 Å². The molecule has 0 amide bonds. The molecule has 0 aliphatic carbocycles. The number of ether oxygens (including phenoxy) is 2. The second-order valence-corrected chi connectivity index (χ2v) is 8.03. The van der Waals surface area contributed by atoms with E-state index < -0.39 is 14.9 Å². The third-order valence-electron chi connectivity index (χ3n) is 4.34. The Hall–Kier alpha value is -2.85. The average molecular weight is 407 g/mol. The van der Waals surface area contributed by atoms with Crippen LogP contribution < -0.4 is 19.9 Å². The van der Waals surface area contributed by atoms with E-state index in [4.69, 9.17) is 14.6 Å². The summed E-state index contributed by atoms with van der Waals surface area (Å²) in [5.41, 5.74) is 1.63. The van der Waals surface area contributed by atoms with Gasteiger partial charge >= 0.3 is 0 Å². The lowest BCUT2D eigenvalue weighted by Gasteiger charge is -2.14. The molecular weight excluding hydrogens is 386 g/mol. The molecule has 2 aromatic carbocycles. The van der Waals surface area contributed by atoms with Crippen LogP contribution in [0.15, 0.2) is 35.2 Å². The molecule has 1 aliphatic heterocycles. The quantitative estimate of drug-likeness (QED) is 0.532. The van der Waals surface area contributed by atoms with Crippen molar-refractivity contribution in [1.82, 2.24) is 0 Å². The van der Waals surface area contributed by atoms with Crippen molar-refractivity contribution in [2.45, 2.75) is 37.8 Å². The van der Waals surface area contributed by atoms with E-state index >= 15 is 0 Å². The lowest BCUT2D eigenvalue weighted by atomic mass is 10.1. The summed E-state index contributed by atoms with van der Waals surface area (Å²) in [6.07, 6.45) is 0.878. The minimum absolute atomic E-state index is 0.0829. The summed E-state index contributed by atoms with van der Waals surface area (Å²) in [5, 5.41) is 19.4. The lowest BCUT2D eigenvalue weighted by molar-refractivity contribution is -0.384. The van der Waals surface area contributed by atoms with E-state index in [1.54, 1.807) is 0 Å². The van der Waals surface area contributed by atoms with Crippen LogP contribution in [-0.2, 0) is 23.0 Å². The first-order valence-corrected chi connectivity index (χ1v) is 10.2. The van der Waals surface area contributed by atoms with Crippen LogP contribution in [0.3, 0.4) is 0 Å². The highest BCUT2D eigenvalue weighted by Gasteiger charge is 2.23. The van der Waals surface area contributed by atoms with Crippen molar-refractivity contribution in [1.29, 1.82) is 0 Å². The molecule has 0 fully saturated rings. The van der Waals surface area contributed by atoms with Crippen LogP contribution in [-0.4, -0.2) is 26.1 Å². The summed E-state index contributed by atoms with van der Waals surface area (Å²) >= 11 is 0. The first kappa shape index (κ1) is 19.9. The van der Waals surface area contributed by atoms with Gasteiger partial charge in [-0.25, -0.2) is 13.6 Å². The maximum Gasteiger partial charge on any atom is 0.293 e. The van der Waals surface area contributed by atoms with E-state index in [1.165, 1.54) is 12.1 Å². The summed E-state index contributed by atoms with van der Waals surface area (Å²) in [5.74, 6) is 1.45. The number of hydrogen-bond donors (Lipinski definition) is 2. The van der Waals surface area contributed by atoms with Gasteiger partial charge in [0.15, 0.2) is 0 Å². The van der Waals surface area contributed by atoms with Gasteiger partial charge in [0.2, 0.25) is 10.0 Å². The van der Waals surface area contributed by atoms with Gasteiger partial charge in [0, 0.05) is 30.2 Å². The normalized spacial score (nSPS) is 15.6. The first-order chi connectivity index (χ1) is 13.2. The maximum atomic E-state index is 11.5. The number of nitro benzene ring substituents is 1. The Bertz CT molecular complexity index is 1020. The van der Waals surface area contributed by atoms with Crippen LogP contribution in [0, 0.1) is 10.1 Å². The minimum atomic E-state index is -4.04. The molecule has 3 N–H and O–H groups in total. The summed E-state index contributed by atoms with van der Waals surface area (Å²) in [6.45, 7) is 4.57. The van der Waals surface area contributed by atoms with E-state index in [0.717, 1.165) is 29.4 Å². The fourth-order valence-electron chi connectivity index (χ4n) is 3.09. The Labute approximate surface area is 162 Å². The van der Waals surface area contributed by atoms with Crippen molar-refractivity contribution in [3.05, 3.63) is 51.6 Å². The van der Waals surface area contributed by atoms with Crippen LogP contribution in [0.2, 0.25) is 0 Å². The number of hydrogen-bond acceptors (Lipinski definition) is 7. The third kappa shape index (κ3) is 4.18. The molecule has 1 aliphatic rings. The maximum absolute atomic E-state index is 11.5. The van der Waals surface area contributed by atoms with Gasteiger partial charge in [-0.1, -0.05) is 0 Å². The average Bonchev–Trinajstić information content (AvgIpc) is 2.97. The molecule has 0 unspecified atom stereocenters. The molecule has 0 bridgehead atoms. The highest BCUT2D eigenvalue weighted by molar-refractivity contribution is 7.89. The highest BCUT2D eigenvalue weighted by atomic mass is 32.2. The first-order valence-electron chi connectivity index (χ1n) is 8.69. The molecule has 3 rings (SSSR count). The molecule has 0 saturated carbocycles. The molecule has 1 atom stereocenters. The van der Waals surface area contributed by atoms with E-state index in [9.17, 15) is 18.5 Å². The van der Waals surface area contributed by atoms with Crippen LogP contribution in [0.1, 0.15) is 25.0 Å². The van der Waals surface area contributed by atoms with Crippen LogP contribution in [0.4, 0.5) is 11.4 Å². The topological polar surface area (TPSA) is 134 Å². The second-order valence-electron chi connectivity index (χ2n) is 6.47. The number of sulfonamides is 1. The molecule has 0 aromatic heterocycles. The third-order valence-corrected chi connectivity index (χ3v) is 5.25. The largest absolute Gasteiger partial charge is 0.494 e. The molecule has 150 valence electrons. The predicted octanol–water partition coefficient (Wildman–Crippen LogP) is 2.58. The Morgan fingerprint density at radius 1 is 1.36 bits per heavy atom. The van der Waals surface area contributed by atoms with Crippen molar-refractivity contribution in [2.24, 2.45) is 5.14 Å². The van der Waals surface area contributed by atoms with Crippen molar-refractivity contribution in [3.63, 3.8) is 0 Å². The zero-order valence-electron chi connectivity index (χ0n) is 15.5. The standard InChI is InChI=1S/C18H21N3O6S/c1-3-26-17-7-12-6-11(2)27-18(12)8-13(17)10-20-15-5-4-14(28(19,24)25)9-16(15)21(22)23/h4-5,7-9,11,20H,3,6,10H2,1-2H3,(H2,19,24,25)/t11-/m1/s1. The van der Waals surface area contributed by atoms with Crippen LogP contribution in [0.25, 0.3) is 0 Å². The number of primary sulfonamides is 1. The predicted molar refractivity (Wildman–Crippen MR) is 103 cm³/mol. The van der Waals surface area contributed by atoms with Gasteiger partial charge in [-0.3, -0.25) is 10.1 Å². The van der Waals surface area contributed by atoms with Crippen LogP contribution in [0.5, 0.6) is 11.5 Å². The second kappa shape index (κ2) is 7.64. The van der Waals surface area contributed by atoms with Gasteiger partial charge in [0.1, 0.15) is 23.3 Å². The minimum Gasteiger partial charge on any atom is -0.494 e. The molecule has 9 nitrogen and oxygen atoms in total. The highest BCUT2D eigenvalue weighted by Crippen LogP contribution is 2.36. The summed E-state index contributed by atoms with van der Waals surface area (Å²) in [7, 11) is -4.04. The van der Waals surface area contributed by atoms with Gasteiger partial charge in [0.25, 0.3) is 5.69 Å². The number of nitrogens with zero attached hydrogens (tertiary/aromatic N) is 1. The molecule has 28 heavy (non-hydrogen) atoms. The van der Waals surface area contributed by atoms with Crippen LogP contribution >= 0.6 is 0 Å². The van der Waals surface area contributed by atoms with Gasteiger partial charge < -0.3 is 14.8 Å². The summed E-state index contributed by atoms with van der Waals surface area (Å²) in [4.78, 5) is 10.4. The molecular formula is C18H21N3O6S. The van der Waals surface area contributed by atoms with E-state index in [1.807, 2.05) is 26.0 Å². The molecule has 0 saturated heterocycles. The fraction of sp³-hybridized carbons (Fsp3) is 0.333. The van der Waals surface area contributed by atoms with E-state index in [2.05, 4.69) is 5.32 Å². The number of nitrogens with two attached hydrogens (primary N) is 1. The number of fused-ring (bicyclic) bond motifs is 1. The Balaban J connectivity index is 1.90. The Morgan fingerprint density at radius 3 is 2.75 bits per heavy atom. The Kier molecular flexibility index (Phi) is 5.43. The number of benzene rings is 2. The molecule has 0 radical (unpaired) electrons. The van der Waals surface area contributed by atoms with Crippen molar-refractivity contribution >= 4 is 21.4 Å². The Morgan fingerprint density at radius 2 is 2.11 bits per heavy atom. The van der Waals surface area contributed by atoms with Gasteiger partial charge in [-0.05, 0) is 38.1 Å². The zero-order valence-corrected chi connectivity index (χ0v) is 16.3.